The highest BCUT2D eigenvalue weighted by molar-refractivity contribution is 6.01. The van der Waals surface area contributed by atoms with Gasteiger partial charge in [0.25, 0.3) is 0 Å². The van der Waals surface area contributed by atoms with Crippen LogP contribution in [0.3, 0.4) is 0 Å². The zero-order valence-corrected chi connectivity index (χ0v) is 14.9. The van der Waals surface area contributed by atoms with E-state index in [-0.39, 0.29) is 6.03 Å². The molecule has 1 aliphatic rings. The number of aromatic nitrogens is 3. The van der Waals surface area contributed by atoms with E-state index in [0.717, 1.165) is 24.6 Å². The number of carbonyl (C=O) groups is 1. The van der Waals surface area contributed by atoms with Crippen molar-refractivity contribution < 1.29 is 4.79 Å². The van der Waals surface area contributed by atoms with Gasteiger partial charge < -0.3 is 16.0 Å². The van der Waals surface area contributed by atoms with Crippen molar-refractivity contribution in [2.75, 3.05) is 27.8 Å². The normalized spacial score (nSPS) is 15.4. The summed E-state index contributed by atoms with van der Waals surface area (Å²) >= 11 is 0. The molecule has 8 nitrogen and oxygen atoms in total. The zero-order valence-electron chi connectivity index (χ0n) is 14.9. The minimum absolute atomic E-state index is 0.365. The van der Waals surface area contributed by atoms with E-state index in [4.69, 9.17) is 0 Å². The van der Waals surface area contributed by atoms with E-state index in [1.54, 1.807) is 12.3 Å². The highest BCUT2D eigenvalue weighted by Crippen LogP contribution is 2.26. The first kappa shape index (κ1) is 16.9. The minimum atomic E-state index is -0.365. The van der Waals surface area contributed by atoms with Gasteiger partial charge in [-0.2, -0.15) is 5.10 Å². The maximum absolute atomic E-state index is 12.4. The second-order valence-electron chi connectivity index (χ2n) is 6.55. The van der Waals surface area contributed by atoms with E-state index in [1.165, 1.54) is 0 Å². The van der Waals surface area contributed by atoms with Gasteiger partial charge in [0.15, 0.2) is 0 Å². The molecule has 0 fully saturated rings. The van der Waals surface area contributed by atoms with Crippen LogP contribution in [0.25, 0.3) is 0 Å². The predicted octanol–water partition coefficient (Wildman–Crippen LogP) is 3.73. The average Bonchev–Trinajstić information content (AvgIpc) is 3.04. The molecule has 3 heterocycles. The van der Waals surface area contributed by atoms with Crippen LogP contribution in [0.2, 0.25) is 0 Å². The van der Waals surface area contributed by atoms with Gasteiger partial charge in [-0.05, 0) is 30.2 Å². The van der Waals surface area contributed by atoms with Crippen LogP contribution in [0.15, 0.2) is 54.7 Å². The molecule has 138 valence electrons. The van der Waals surface area contributed by atoms with Crippen molar-refractivity contribution in [3.63, 3.8) is 0 Å². The number of urea groups is 1. The first-order valence-electron chi connectivity index (χ1n) is 8.84. The molecule has 1 atom stereocenters. The van der Waals surface area contributed by atoms with Crippen molar-refractivity contribution >= 4 is 34.9 Å². The Morgan fingerprint density at radius 2 is 1.93 bits per heavy atom. The molecule has 1 aromatic carbocycles. The summed E-state index contributed by atoms with van der Waals surface area (Å²) in [5.41, 5.74) is 1.58. The van der Waals surface area contributed by atoms with Gasteiger partial charge >= 0.3 is 6.03 Å². The molecular weight excluding hydrogens is 342 g/mol. The molecule has 4 rings (SSSR count). The smallest absolute Gasteiger partial charge is 0.324 e. The van der Waals surface area contributed by atoms with E-state index in [0.29, 0.717) is 23.2 Å². The lowest BCUT2D eigenvalue weighted by Crippen LogP contribution is -2.27. The molecule has 8 heteroatoms. The Bertz CT molecular complexity index is 938. The van der Waals surface area contributed by atoms with Gasteiger partial charge in [-0.1, -0.05) is 31.2 Å². The lowest BCUT2D eigenvalue weighted by atomic mass is 10.1. The Morgan fingerprint density at radius 1 is 1.11 bits per heavy atom. The number of carbonyl (C=O) groups excluding carboxylic acids is 1. The third kappa shape index (κ3) is 4.00. The number of benzene rings is 1. The van der Waals surface area contributed by atoms with Crippen LogP contribution < -0.4 is 21.3 Å². The van der Waals surface area contributed by atoms with Gasteiger partial charge in [-0.15, -0.1) is 0 Å². The van der Waals surface area contributed by atoms with E-state index in [2.05, 4.69) is 38.3 Å². The number of para-hydroxylation sites is 1. The number of fused-ring (bicyclic) bond motifs is 1. The summed E-state index contributed by atoms with van der Waals surface area (Å²) in [6.07, 6.45) is 1.65. The Hall–Kier alpha value is -3.55. The minimum Gasteiger partial charge on any atom is -0.368 e. The van der Waals surface area contributed by atoms with Gasteiger partial charge in [-0.25, -0.2) is 14.5 Å². The third-order valence-electron chi connectivity index (χ3n) is 4.23. The highest BCUT2D eigenvalue weighted by atomic mass is 16.2. The van der Waals surface area contributed by atoms with Gasteiger partial charge in [0, 0.05) is 18.8 Å². The molecule has 1 unspecified atom stereocenters. The first-order chi connectivity index (χ1) is 13.2. The maximum atomic E-state index is 12.4. The number of anilines is 5. The van der Waals surface area contributed by atoms with Gasteiger partial charge in [0.2, 0.25) is 0 Å². The number of pyridine rings is 1. The number of nitrogens with one attached hydrogen (secondary N) is 4. The molecule has 4 N–H and O–H groups in total. The summed E-state index contributed by atoms with van der Waals surface area (Å²) < 4.78 is 1.87. The quantitative estimate of drug-likeness (QED) is 0.566. The predicted molar refractivity (Wildman–Crippen MR) is 106 cm³/mol. The fourth-order valence-corrected chi connectivity index (χ4v) is 2.95. The van der Waals surface area contributed by atoms with E-state index < -0.39 is 0 Å². The van der Waals surface area contributed by atoms with Crippen molar-refractivity contribution in [3.05, 3.63) is 54.7 Å². The van der Waals surface area contributed by atoms with Crippen LogP contribution >= 0.6 is 0 Å². The second kappa shape index (κ2) is 7.36. The molecule has 0 radical (unpaired) electrons. The van der Waals surface area contributed by atoms with Crippen LogP contribution in [0.4, 0.5) is 33.6 Å². The summed E-state index contributed by atoms with van der Waals surface area (Å²) in [7, 11) is 0. The summed E-state index contributed by atoms with van der Waals surface area (Å²) in [4.78, 5) is 16.8. The maximum Gasteiger partial charge on any atom is 0.324 e. The average molecular weight is 363 g/mol. The van der Waals surface area contributed by atoms with Crippen molar-refractivity contribution in [1.29, 1.82) is 0 Å². The topological polar surface area (TPSA) is 95.9 Å². The standard InChI is InChI=1S/C19H21N7O/c1-13-10-20-18-15(11-21-26(18)12-13)23-19(27)25-17-9-5-8-16(24-17)22-14-6-3-2-4-7-14/h2-9,11,13,20H,10,12H2,1H3,(H3,22,23,24,25,27). The van der Waals surface area contributed by atoms with Gasteiger partial charge in [0.05, 0.1) is 6.20 Å². The molecule has 2 aromatic heterocycles. The lowest BCUT2D eigenvalue weighted by Gasteiger charge is -2.22. The van der Waals surface area contributed by atoms with Crippen LogP contribution in [0.5, 0.6) is 0 Å². The molecule has 1 aliphatic heterocycles. The van der Waals surface area contributed by atoms with Crippen LogP contribution in [-0.2, 0) is 6.54 Å². The molecule has 27 heavy (non-hydrogen) atoms. The largest absolute Gasteiger partial charge is 0.368 e. The van der Waals surface area contributed by atoms with Gasteiger partial charge in [-0.3, -0.25) is 5.32 Å². The lowest BCUT2D eigenvalue weighted by molar-refractivity contribution is 0.262. The number of hydrogen-bond acceptors (Lipinski definition) is 5. The first-order valence-corrected chi connectivity index (χ1v) is 8.84. The summed E-state index contributed by atoms with van der Waals surface area (Å²) in [5.74, 6) is 2.44. The van der Waals surface area contributed by atoms with Crippen LogP contribution in [0, 0.1) is 5.92 Å². The van der Waals surface area contributed by atoms with Crippen LogP contribution in [-0.4, -0.2) is 27.3 Å². The molecule has 3 aromatic rings. The molecular formula is C19H21N7O. The molecule has 0 saturated carbocycles. The van der Waals surface area contributed by atoms with Crippen LogP contribution in [0.1, 0.15) is 6.92 Å². The highest BCUT2D eigenvalue weighted by Gasteiger charge is 2.19. The Kier molecular flexibility index (Phi) is 4.61. The Labute approximate surface area is 157 Å². The number of amides is 2. The molecule has 0 spiro atoms. The van der Waals surface area contributed by atoms with Crippen molar-refractivity contribution in [2.24, 2.45) is 5.92 Å². The van der Waals surface area contributed by atoms with E-state index in [1.807, 2.05) is 47.1 Å². The number of rotatable bonds is 4. The third-order valence-corrected chi connectivity index (χ3v) is 4.23. The van der Waals surface area contributed by atoms with Crippen molar-refractivity contribution in [1.82, 2.24) is 14.8 Å². The summed E-state index contributed by atoms with van der Waals surface area (Å²) in [6.45, 7) is 3.84. The zero-order chi connectivity index (χ0) is 18.6. The summed E-state index contributed by atoms with van der Waals surface area (Å²) in [5, 5.41) is 16.4. The van der Waals surface area contributed by atoms with Crippen molar-refractivity contribution in [2.45, 2.75) is 13.5 Å². The van der Waals surface area contributed by atoms with Crippen molar-refractivity contribution in [3.8, 4) is 0 Å². The fourth-order valence-electron chi connectivity index (χ4n) is 2.95. The molecule has 0 saturated heterocycles. The fraction of sp³-hybridized carbons (Fsp3) is 0.211. The Morgan fingerprint density at radius 3 is 2.78 bits per heavy atom. The molecule has 2 amide bonds. The number of nitrogens with zero attached hydrogens (tertiary/aromatic N) is 3. The summed E-state index contributed by atoms with van der Waals surface area (Å²) in [6, 6.07) is 14.8. The van der Waals surface area contributed by atoms with E-state index >= 15 is 0 Å². The molecule has 0 aliphatic carbocycles. The van der Waals surface area contributed by atoms with Gasteiger partial charge in [0.1, 0.15) is 23.1 Å². The monoisotopic (exact) mass is 363 g/mol. The second-order valence-corrected chi connectivity index (χ2v) is 6.55. The Balaban J connectivity index is 1.41. The SMILES string of the molecule is CC1CNc2c(NC(=O)Nc3cccc(Nc4ccccc4)n3)cnn2C1. The van der Waals surface area contributed by atoms with E-state index in [9.17, 15) is 4.79 Å². The number of hydrogen-bond donors (Lipinski definition) is 4. The molecule has 0 bridgehead atoms.